The fourth-order valence-electron chi connectivity index (χ4n) is 3.12. The quantitative estimate of drug-likeness (QED) is 0.784. The van der Waals surface area contributed by atoms with Gasteiger partial charge in [0, 0.05) is 11.1 Å². The van der Waals surface area contributed by atoms with Crippen molar-refractivity contribution in [1.29, 1.82) is 0 Å². The zero-order valence-electron chi connectivity index (χ0n) is 14.3. The SMILES string of the molecule is CC(C)(C)C1CCC(NC(=O)C(=O)Nc2ccc(Cl)cc2F)CC1. The predicted molar refractivity (Wildman–Crippen MR) is 93.4 cm³/mol. The molecule has 0 radical (unpaired) electrons. The minimum atomic E-state index is -0.867. The van der Waals surface area contributed by atoms with E-state index in [1.54, 1.807) is 0 Å². The first kappa shape index (κ1) is 18.7. The zero-order valence-corrected chi connectivity index (χ0v) is 15.0. The third-order valence-electron chi connectivity index (χ3n) is 4.67. The van der Waals surface area contributed by atoms with Gasteiger partial charge in [0.05, 0.1) is 5.69 Å². The Morgan fingerprint density at radius 2 is 1.75 bits per heavy atom. The molecule has 0 bridgehead atoms. The molecule has 1 aromatic rings. The average molecular weight is 355 g/mol. The van der Waals surface area contributed by atoms with Crippen molar-refractivity contribution in [2.45, 2.75) is 52.5 Å². The van der Waals surface area contributed by atoms with E-state index in [1.807, 2.05) is 0 Å². The molecule has 1 fully saturated rings. The van der Waals surface area contributed by atoms with E-state index in [4.69, 9.17) is 11.6 Å². The zero-order chi connectivity index (χ0) is 17.9. The van der Waals surface area contributed by atoms with Crippen LogP contribution in [0.2, 0.25) is 5.02 Å². The highest BCUT2D eigenvalue weighted by atomic mass is 35.5. The van der Waals surface area contributed by atoms with E-state index < -0.39 is 17.6 Å². The van der Waals surface area contributed by atoms with E-state index in [2.05, 4.69) is 31.4 Å². The first-order valence-corrected chi connectivity index (χ1v) is 8.61. The summed E-state index contributed by atoms with van der Waals surface area (Å²) in [6.45, 7) is 6.68. The van der Waals surface area contributed by atoms with Crippen molar-refractivity contribution in [2.75, 3.05) is 5.32 Å². The van der Waals surface area contributed by atoms with Gasteiger partial charge in [0.2, 0.25) is 0 Å². The lowest BCUT2D eigenvalue weighted by Gasteiger charge is -2.37. The van der Waals surface area contributed by atoms with Crippen LogP contribution in [0.4, 0.5) is 10.1 Å². The molecule has 2 N–H and O–H groups in total. The summed E-state index contributed by atoms with van der Waals surface area (Å²) in [6.07, 6.45) is 3.77. The number of carbonyl (C=O) groups is 2. The molecule has 4 nitrogen and oxygen atoms in total. The van der Waals surface area contributed by atoms with Crippen LogP contribution in [-0.2, 0) is 9.59 Å². The highest BCUT2D eigenvalue weighted by Crippen LogP contribution is 2.37. The number of benzene rings is 1. The minimum absolute atomic E-state index is 0.00286. The third kappa shape index (κ3) is 4.94. The van der Waals surface area contributed by atoms with Crippen LogP contribution in [0.1, 0.15) is 46.5 Å². The van der Waals surface area contributed by atoms with Crippen LogP contribution in [0.15, 0.2) is 18.2 Å². The molecule has 1 aliphatic carbocycles. The molecule has 1 aliphatic rings. The molecule has 2 rings (SSSR count). The van der Waals surface area contributed by atoms with Crippen LogP contribution in [-0.4, -0.2) is 17.9 Å². The highest BCUT2D eigenvalue weighted by molar-refractivity contribution is 6.39. The number of anilines is 1. The molecule has 132 valence electrons. The van der Waals surface area contributed by atoms with Gasteiger partial charge in [-0.15, -0.1) is 0 Å². The Hall–Kier alpha value is -1.62. The molecule has 0 unspecified atom stereocenters. The first-order chi connectivity index (χ1) is 11.2. The Bertz CT molecular complexity index is 620. The van der Waals surface area contributed by atoms with Gasteiger partial charge in [-0.1, -0.05) is 32.4 Å². The van der Waals surface area contributed by atoms with E-state index >= 15 is 0 Å². The molecule has 24 heavy (non-hydrogen) atoms. The van der Waals surface area contributed by atoms with Crippen molar-refractivity contribution in [2.24, 2.45) is 11.3 Å². The van der Waals surface area contributed by atoms with Crippen molar-refractivity contribution in [3.63, 3.8) is 0 Å². The lowest BCUT2D eigenvalue weighted by molar-refractivity contribution is -0.136. The fraction of sp³-hybridized carbons (Fsp3) is 0.556. The number of amides is 2. The molecule has 2 amide bonds. The fourth-order valence-corrected chi connectivity index (χ4v) is 3.28. The van der Waals surface area contributed by atoms with Gasteiger partial charge in [0.1, 0.15) is 5.82 Å². The molecular weight excluding hydrogens is 331 g/mol. The smallest absolute Gasteiger partial charge is 0.313 e. The first-order valence-electron chi connectivity index (χ1n) is 8.23. The van der Waals surface area contributed by atoms with Gasteiger partial charge in [-0.2, -0.15) is 0 Å². The summed E-state index contributed by atoms with van der Waals surface area (Å²) >= 11 is 5.66. The Labute approximate surface area is 147 Å². The molecule has 6 heteroatoms. The summed E-state index contributed by atoms with van der Waals surface area (Å²) in [6, 6.07) is 3.86. The van der Waals surface area contributed by atoms with Crippen LogP contribution < -0.4 is 10.6 Å². The summed E-state index contributed by atoms with van der Waals surface area (Å²) < 4.78 is 13.7. The van der Waals surface area contributed by atoms with Crippen molar-refractivity contribution >= 4 is 29.1 Å². The number of hydrogen-bond acceptors (Lipinski definition) is 2. The normalized spacial score (nSPS) is 21.2. The standard InChI is InChI=1S/C18H24ClFN2O2/c1-18(2,3)11-4-7-13(8-5-11)21-16(23)17(24)22-15-9-6-12(19)10-14(15)20/h6,9-11,13H,4-5,7-8H2,1-3H3,(H,21,23)(H,22,24). The molecule has 0 aromatic heterocycles. The Morgan fingerprint density at radius 1 is 1.12 bits per heavy atom. The molecule has 0 saturated heterocycles. The lowest BCUT2D eigenvalue weighted by Crippen LogP contribution is -2.44. The Morgan fingerprint density at radius 3 is 2.29 bits per heavy atom. The molecular formula is C18H24ClFN2O2. The van der Waals surface area contributed by atoms with Gasteiger partial charge >= 0.3 is 11.8 Å². The highest BCUT2D eigenvalue weighted by Gasteiger charge is 2.31. The van der Waals surface area contributed by atoms with Crippen LogP contribution in [0, 0.1) is 17.2 Å². The van der Waals surface area contributed by atoms with Gasteiger partial charge in [-0.05, 0) is 55.2 Å². The molecule has 1 saturated carbocycles. The van der Waals surface area contributed by atoms with Crippen molar-refractivity contribution in [3.05, 3.63) is 29.0 Å². The maximum absolute atomic E-state index is 13.7. The minimum Gasteiger partial charge on any atom is -0.345 e. The van der Waals surface area contributed by atoms with Crippen molar-refractivity contribution in [3.8, 4) is 0 Å². The summed E-state index contributed by atoms with van der Waals surface area (Å²) in [7, 11) is 0. The topological polar surface area (TPSA) is 58.2 Å². The Balaban J connectivity index is 1.85. The number of rotatable bonds is 2. The van der Waals surface area contributed by atoms with Crippen molar-refractivity contribution < 1.29 is 14.0 Å². The summed E-state index contributed by atoms with van der Waals surface area (Å²) in [5.74, 6) is -1.64. The van der Waals surface area contributed by atoms with Gasteiger partial charge in [-0.3, -0.25) is 9.59 Å². The summed E-state index contributed by atoms with van der Waals surface area (Å²) in [5.41, 5.74) is 0.203. The van der Waals surface area contributed by atoms with Gasteiger partial charge in [0.25, 0.3) is 0 Å². The van der Waals surface area contributed by atoms with Crippen molar-refractivity contribution in [1.82, 2.24) is 5.32 Å². The van der Waals surface area contributed by atoms with Gasteiger partial charge in [-0.25, -0.2) is 4.39 Å². The van der Waals surface area contributed by atoms with Gasteiger partial charge < -0.3 is 10.6 Å². The number of hydrogen-bond donors (Lipinski definition) is 2. The van der Waals surface area contributed by atoms with Crippen LogP contribution in [0.5, 0.6) is 0 Å². The van der Waals surface area contributed by atoms with E-state index in [1.165, 1.54) is 12.1 Å². The second-order valence-corrected chi connectivity index (χ2v) is 7.90. The second kappa shape index (κ2) is 7.51. The van der Waals surface area contributed by atoms with E-state index in [0.29, 0.717) is 5.92 Å². The van der Waals surface area contributed by atoms with Crippen LogP contribution >= 0.6 is 11.6 Å². The number of carbonyl (C=O) groups excluding carboxylic acids is 2. The third-order valence-corrected chi connectivity index (χ3v) is 4.91. The lowest BCUT2D eigenvalue weighted by atomic mass is 9.71. The molecule has 1 aromatic carbocycles. The maximum atomic E-state index is 13.7. The average Bonchev–Trinajstić information content (AvgIpc) is 2.49. The second-order valence-electron chi connectivity index (χ2n) is 7.47. The molecule has 0 spiro atoms. The van der Waals surface area contributed by atoms with E-state index in [-0.39, 0.29) is 22.2 Å². The molecule has 0 heterocycles. The predicted octanol–water partition coefficient (Wildman–Crippen LogP) is 4.14. The van der Waals surface area contributed by atoms with E-state index in [9.17, 15) is 14.0 Å². The largest absolute Gasteiger partial charge is 0.345 e. The summed E-state index contributed by atoms with van der Waals surface area (Å²) in [5, 5.41) is 5.24. The van der Waals surface area contributed by atoms with Gasteiger partial charge in [0.15, 0.2) is 0 Å². The van der Waals surface area contributed by atoms with E-state index in [0.717, 1.165) is 31.7 Å². The Kier molecular flexibility index (Phi) is 5.86. The molecule has 0 atom stereocenters. The van der Waals surface area contributed by atoms with Crippen LogP contribution in [0.25, 0.3) is 0 Å². The number of halogens is 2. The maximum Gasteiger partial charge on any atom is 0.313 e. The number of nitrogens with one attached hydrogen (secondary N) is 2. The monoisotopic (exact) mass is 354 g/mol. The van der Waals surface area contributed by atoms with Crippen LogP contribution in [0.3, 0.4) is 0 Å². The summed E-state index contributed by atoms with van der Waals surface area (Å²) in [4.78, 5) is 23.9. The molecule has 0 aliphatic heterocycles.